The van der Waals surface area contributed by atoms with Gasteiger partial charge < -0.3 is 4.74 Å². The molecule has 1 aliphatic rings. The highest BCUT2D eigenvalue weighted by Crippen LogP contribution is 2.22. The number of ether oxygens (including phenoxy) is 1. The second kappa shape index (κ2) is 3.62. The standard InChI is InChI=1S/C11H12N2O/c1-8-7-12-11(14-2)9-5-3-4-6-10(9)13-8/h3-6H,7H2,1-2H3. The van der Waals surface area contributed by atoms with Gasteiger partial charge in [0.15, 0.2) is 0 Å². The lowest BCUT2D eigenvalue weighted by molar-refractivity contribution is 0.404. The Morgan fingerprint density at radius 1 is 1.29 bits per heavy atom. The molecular weight excluding hydrogens is 176 g/mol. The van der Waals surface area contributed by atoms with Crippen molar-refractivity contribution in [2.75, 3.05) is 13.7 Å². The summed E-state index contributed by atoms with van der Waals surface area (Å²) in [6.45, 7) is 2.58. The number of fused-ring (bicyclic) bond motifs is 1. The molecule has 0 unspecified atom stereocenters. The van der Waals surface area contributed by atoms with Crippen LogP contribution in [0, 0.1) is 0 Å². The van der Waals surface area contributed by atoms with Crippen LogP contribution in [-0.4, -0.2) is 25.3 Å². The molecule has 0 amide bonds. The zero-order chi connectivity index (χ0) is 9.97. The van der Waals surface area contributed by atoms with Gasteiger partial charge in [0.2, 0.25) is 5.90 Å². The van der Waals surface area contributed by atoms with Crippen molar-refractivity contribution >= 4 is 17.3 Å². The molecule has 3 heteroatoms. The van der Waals surface area contributed by atoms with Crippen LogP contribution in [0.3, 0.4) is 0 Å². The van der Waals surface area contributed by atoms with Crippen LogP contribution in [0.5, 0.6) is 0 Å². The second-order valence-corrected chi connectivity index (χ2v) is 3.19. The van der Waals surface area contributed by atoms with Gasteiger partial charge >= 0.3 is 0 Å². The van der Waals surface area contributed by atoms with Gasteiger partial charge in [-0.3, -0.25) is 4.99 Å². The molecule has 2 rings (SSSR count). The van der Waals surface area contributed by atoms with Gasteiger partial charge in [-0.25, -0.2) is 4.99 Å². The smallest absolute Gasteiger partial charge is 0.218 e. The maximum absolute atomic E-state index is 5.22. The number of hydrogen-bond donors (Lipinski definition) is 0. The van der Waals surface area contributed by atoms with E-state index in [2.05, 4.69) is 9.98 Å². The number of aliphatic imine (C=N–C) groups is 2. The van der Waals surface area contributed by atoms with Gasteiger partial charge in [0.25, 0.3) is 0 Å². The molecule has 1 heterocycles. The normalized spacial score (nSPS) is 15.0. The Bertz CT molecular complexity index is 408. The zero-order valence-electron chi connectivity index (χ0n) is 8.32. The summed E-state index contributed by atoms with van der Waals surface area (Å²) in [4.78, 5) is 8.79. The first-order chi connectivity index (χ1) is 6.81. The molecule has 1 aromatic rings. The first-order valence-corrected chi connectivity index (χ1v) is 4.53. The number of methoxy groups -OCH3 is 1. The first-order valence-electron chi connectivity index (χ1n) is 4.53. The van der Waals surface area contributed by atoms with E-state index in [9.17, 15) is 0 Å². The third kappa shape index (κ3) is 1.53. The topological polar surface area (TPSA) is 34.0 Å². The quantitative estimate of drug-likeness (QED) is 0.614. The summed E-state index contributed by atoms with van der Waals surface area (Å²) >= 11 is 0. The lowest BCUT2D eigenvalue weighted by Crippen LogP contribution is -2.04. The SMILES string of the molecule is COC1=NCC(C)=Nc2ccccc21. The predicted molar refractivity (Wildman–Crippen MR) is 57.6 cm³/mol. The maximum Gasteiger partial charge on any atom is 0.218 e. The Morgan fingerprint density at radius 3 is 2.86 bits per heavy atom. The van der Waals surface area contributed by atoms with E-state index in [0.717, 1.165) is 17.0 Å². The largest absolute Gasteiger partial charge is 0.481 e. The van der Waals surface area contributed by atoms with Gasteiger partial charge in [-0.2, -0.15) is 0 Å². The highest BCUT2D eigenvalue weighted by molar-refractivity contribution is 6.03. The molecule has 14 heavy (non-hydrogen) atoms. The van der Waals surface area contributed by atoms with Crippen molar-refractivity contribution in [3.05, 3.63) is 29.8 Å². The number of para-hydroxylation sites is 1. The molecule has 0 radical (unpaired) electrons. The van der Waals surface area contributed by atoms with E-state index < -0.39 is 0 Å². The molecule has 0 atom stereocenters. The molecule has 1 aliphatic heterocycles. The lowest BCUT2D eigenvalue weighted by atomic mass is 10.2. The number of rotatable bonds is 0. The van der Waals surface area contributed by atoms with Crippen molar-refractivity contribution in [1.29, 1.82) is 0 Å². The van der Waals surface area contributed by atoms with Crippen LogP contribution in [0.15, 0.2) is 34.3 Å². The monoisotopic (exact) mass is 188 g/mol. The Morgan fingerprint density at radius 2 is 2.07 bits per heavy atom. The van der Waals surface area contributed by atoms with Crippen molar-refractivity contribution in [2.45, 2.75) is 6.92 Å². The van der Waals surface area contributed by atoms with Crippen molar-refractivity contribution in [1.82, 2.24) is 0 Å². The minimum absolute atomic E-state index is 0.609. The molecule has 0 saturated carbocycles. The Hall–Kier alpha value is -1.64. The van der Waals surface area contributed by atoms with Crippen molar-refractivity contribution in [3.8, 4) is 0 Å². The Balaban J connectivity index is 2.58. The molecule has 3 nitrogen and oxygen atoms in total. The molecule has 72 valence electrons. The minimum Gasteiger partial charge on any atom is -0.481 e. The van der Waals surface area contributed by atoms with Crippen molar-refractivity contribution in [3.63, 3.8) is 0 Å². The fraction of sp³-hybridized carbons (Fsp3) is 0.273. The van der Waals surface area contributed by atoms with E-state index >= 15 is 0 Å². The first kappa shape index (κ1) is 8.94. The number of nitrogens with zero attached hydrogens (tertiary/aromatic N) is 2. The summed E-state index contributed by atoms with van der Waals surface area (Å²) in [6, 6.07) is 7.87. The third-order valence-electron chi connectivity index (χ3n) is 2.09. The van der Waals surface area contributed by atoms with E-state index in [1.807, 2.05) is 31.2 Å². The van der Waals surface area contributed by atoms with E-state index in [4.69, 9.17) is 4.74 Å². The molecule has 0 N–H and O–H groups in total. The molecular formula is C11H12N2O. The van der Waals surface area contributed by atoms with E-state index in [1.54, 1.807) is 7.11 Å². The lowest BCUT2D eigenvalue weighted by Gasteiger charge is -2.04. The molecule has 0 fully saturated rings. The highest BCUT2D eigenvalue weighted by Gasteiger charge is 2.11. The maximum atomic E-state index is 5.22. The van der Waals surface area contributed by atoms with Crippen LogP contribution < -0.4 is 0 Å². The molecule has 0 saturated heterocycles. The predicted octanol–water partition coefficient (Wildman–Crippen LogP) is 2.19. The van der Waals surface area contributed by atoms with Crippen molar-refractivity contribution < 1.29 is 4.74 Å². The summed E-state index contributed by atoms with van der Waals surface area (Å²) in [5, 5.41) is 0. The minimum atomic E-state index is 0.609. The molecule has 0 aliphatic carbocycles. The van der Waals surface area contributed by atoms with Gasteiger partial charge in [0, 0.05) is 5.71 Å². The summed E-state index contributed by atoms with van der Waals surface area (Å²) < 4.78 is 5.22. The summed E-state index contributed by atoms with van der Waals surface area (Å²) in [5.74, 6) is 0.668. The van der Waals surface area contributed by atoms with Crippen LogP contribution in [0.2, 0.25) is 0 Å². The van der Waals surface area contributed by atoms with Gasteiger partial charge in [-0.15, -0.1) is 0 Å². The molecule has 0 aromatic heterocycles. The van der Waals surface area contributed by atoms with Gasteiger partial charge in [0.1, 0.15) is 0 Å². The Labute approximate surface area is 83.2 Å². The van der Waals surface area contributed by atoms with Crippen molar-refractivity contribution in [2.24, 2.45) is 9.98 Å². The summed E-state index contributed by atoms with van der Waals surface area (Å²) in [5.41, 5.74) is 2.90. The van der Waals surface area contributed by atoms with Gasteiger partial charge in [-0.1, -0.05) is 12.1 Å². The van der Waals surface area contributed by atoms with Crippen LogP contribution >= 0.6 is 0 Å². The Kier molecular flexibility index (Phi) is 2.31. The molecule has 1 aromatic carbocycles. The zero-order valence-corrected chi connectivity index (χ0v) is 8.32. The third-order valence-corrected chi connectivity index (χ3v) is 2.09. The van der Waals surface area contributed by atoms with Crippen LogP contribution in [0.1, 0.15) is 12.5 Å². The van der Waals surface area contributed by atoms with Crippen LogP contribution in [-0.2, 0) is 4.74 Å². The number of hydrogen-bond acceptors (Lipinski definition) is 3. The average Bonchev–Trinajstić information content (AvgIpc) is 2.36. The summed E-state index contributed by atoms with van der Waals surface area (Å²) in [7, 11) is 1.64. The fourth-order valence-electron chi connectivity index (χ4n) is 1.44. The van der Waals surface area contributed by atoms with Crippen LogP contribution in [0.4, 0.5) is 5.69 Å². The van der Waals surface area contributed by atoms with E-state index in [-0.39, 0.29) is 0 Å². The average molecular weight is 188 g/mol. The van der Waals surface area contributed by atoms with Gasteiger partial charge in [-0.05, 0) is 19.1 Å². The van der Waals surface area contributed by atoms with Gasteiger partial charge in [0.05, 0.1) is 24.9 Å². The highest BCUT2D eigenvalue weighted by atomic mass is 16.5. The molecule has 0 bridgehead atoms. The van der Waals surface area contributed by atoms with Crippen LogP contribution in [0.25, 0.3) is 0 Å². The fourth-order valence-corrected chi connectivity index (χ4v) is 1.44. The second-order valence-electron chi connectivity index (χ2n) is 3.19. The number of benzene rings is 1. The summed E-state index contributed by atoms with van der Waals surface area (Å²) in [6.07, 6.45) is 0. The molecule has 0 spiro atoms. The van der Waals surface area contributed by atoms with E-state index in [0.29, 0.717) is 12.4 Å². The van der Waals surface area contributed by atoms with E-state index in [1.165, 1.54) is 0 Å².